The number of morpholine rings is 1. The zero-order valence-corrected chi connectivity index (χ0v) is 19.4. The van der Waals surface area contributed by atoms with Gasteiger partial charge in [0.1, 0.15) is 17.1 Å². The first-order valence-corrected chi connectivity index (χ1v) is 11.6. The molecule has 0 saturated carbocycles. The van der Waals surface area contributed by atoms with E-state index in [-0.39, 0.29) is 6.10 Å². The number of nitrogens with zero attached hydrogens (tertiary/aromatic N) is 5. The molecule has 174 valence electrons. The molecular weight excluding hydrogens is 454 g/mol. The third-order valence-electron chi connectivity index (χ3n) is 6.28. The minimum absolute atomic E-state index is 0.197. The average Bonchev–Trinajstić information content (AvgIpc) is 3.02. The van der Waals surface area contributed by atoms with Gasteiger partial charge in [0.05, 0.1) is 54.7 Å². The fraction of sp³-hybridized carbons (Fsp3) is 0.292. The predicted octanol–water partition coefficient (Wildman–Crippen LogP) is 3.37. The topological polar surface area (TPSA) is 88.8 Å². The highest BCUT2D eigenvalue weighted by Gasteiger charge is 2.32. The van der Waals surface area contributed by atoms with Gasteiger partial charge >= 0.3 is 0 Å². The second kappa shape index (κ2) is 8.75. The van der Waals surface area contributed by atoms with Gasteiger partial charge in [0.15, 0.2) is 0 Å². The van der Waals surface area contributed by atoms with Crippen LogP contribution in [0, 0.1) is 0 Å². The molecule has 3 fully saturated rings. The number of rotatable bonds is 5. The largest absolute Gasteiger partial charge is 0.494 e. The van der Waals surface area contributed by atoms with Gasteiger partial charge in [-0.25, -0.2) is 15.0 Å². The van der Waals surface area contributed by atoms with Crippen LogP contribution in [-0.2, 0) is 4.74 Å². The van der Waals surface area contributed by atoms with Crippen molar-refractivity contribution in [3.8, 4) is 17.1 Å². The minimum atomic E-state index is 0.197. The van der Waals surface area contributed by atoms with Gasteiger partial charge in [0.25, 0.3) is 0 Å². The molecule has 2 unspecified atom stereocenters. The second-order valence-corrected chi connectivity index (χ2v) is 8.80. The molecule has 3 aromatic heterocycles. The molecule has 0 aliphatic carbocycles. The first-order chi connectivity index (χ1) is 16.7. The van der Waals surface area contributed by atoms with Gasteiger partial charge in [-0.1, -0.05) is 17.7 Å². The quantitative estimate of drug-likeness (QED) is 0.452. The molecule has 3 aliphatic rings. The zero-order valence-electron chi connectivity index (χ0n) is 18.6. The van der Waals surface area contributed by atoms with Gasteiger partial charge in [-0.05, 0) is 24.3 Å². The Kier molecular flexibility index (Phi) is 5.44. The smallest absolute Gasteiger partial charge is 0.227 e. The zero-order chi connectivity index (χ0) is 23.1. The molecule has 4 aromatic rings. The summed E-state index contributed by atoms with van der Waals surface area (Å²) in [5.74, 6) is 1.13. The van der Waals surface area contributed by atoms with Crippen LogP contribution in [0.25, 0.3) is 17.0 Å². The predicted molar refractivity (Wildman–Crippen MR) is 131 cm³/mol. The average molecular weight is 478 g/mol. The summed E-state index contributed by atoms with van der Waals surface area (Å²) >= 11 is 6.46. The third kappa shape index (κ3) is 3.81. The molecule has 3 aliphatic heterocycles. The molecule has 0 spiro atoms. The number of aromatic nitrogens is 4. The number of ether oxygens (including phenoxy) is 2. The number of fused-ring (bicyclic) bond motifs is 5. The molecule has 3 saturated heterocycles. The van der Waals surface area contributed by atoms with Gasteiger partial charge in [0.2, 0.25) is 5.95 Å². The van der Waals surface area contributed by atoms with Crippen LogP contribution in [0.15, 0.2) is 55.0 Å². The Morgan fingerprint density at radius 3 is 3.03 bits per heavy atom. The number of hydrogen-bond acceptors (Lipinski definition) is 8. The lowest BCUT2D eigenvalue weighted by Crippen LogP contribution is -2.49. The maximum atomic E-state index is 6.46. The molecule has 2 bridgehead atoms. The van der Waals surface area contributed by atoms with Crippen LogP contribution < -0.4 is 20.3 Å². The highest BCUT2D eigenvalue weighted by molar-refractivity contribution is 6.32. The molecule has 6 heterocycles. The lowest BCUT2D eigenvalue weighted by Gasteiger charge is -2.38. The summed E-state index contributed by atoms with van der Waals surface area (Å²) in [7, 11) is 1.66. The number of methoxy groups -OCH3 is 1. The number of benzene rings is 1. The Balaban J connectivity index is 1.30. The second-order valence-electron chi connectivity index (χ2n) is 8.39. The van der Waals surface area contributed by atoms with Crippen LogP contribution in [0.5, 0.6) is 5.75 Å². The fourth-order valence-corrected chi connectivity index (χ4v) is 4.76. The van der Waals surface area contributed by atoms with E-state index >= 15 is 0 Å². The van der Waals surface area contributed by atoms with E-state index in [1.54, 1.807) is 19.5 Å². The summed E-state index contributed by atoms with van der Waals surface area (Å²) in [6.07, 6.45) is 5.48. The lowest BCUT2D eigenvalue weighted by atomic mass is 10.1. The maximum Gasteiger partial charge on any atom is 0.227 e. The Morgan fingerprint density at radius 2 is 2.12 bits per heavy atom. The number of nitrogens with one attached hydrogen (secondary N) is 2. The van der Waals surface area contributed by atoms with Crippen LogP contribution >= 0.6 is 11.6 Å². The van der Waals surface area contributed by atoms with Crippen molar-refractivity contribution < 1.29 is 9.47 Å². The Morgan fingerprint density at radius 1 is 1.18 bits per heavy atom. The summed E-state index contributed by atoms with van der Waals surface area (Å²) in [4.78, 5) is 15.9. The summed E-state index contributed by atoms with van der Waals surface area (Å²) in [6.45, 7) is 3.37. The highest BCUT2D eigenvalue weighted by atomic mass is 35.5. The van der Waals surface area contributed by atoms with Crippen molar-refractivity contribution in [3.63, 3.8) is 0 Å². The third-order valence-corrected chi connectivity index (χ3v) is 6.56. The van der Waals surface area contributed by atoms with Crippen LogP contribution in [0.3, 0.4) is 0 Å². The van der Waals surface area contributed by atoms with E-state index in [0.717, 1.165) is 49.0 Å². The first-order valence-electron chi connectivity index (χ1n) is 11.2. The van der Waals surface area contributed by atoms with Gasteiger partial charge in [0, 0.05) is 37.6 Å². The van der Waals surface area contributed by atoms with Crippen LogP contribution in [0.2, 0.25) is 5.02 Å². The standard InChI is InChI=1S/C24H24ClN7O2/c1-33-21-8-15(32-13-17-10-26-9-16(32)14-34-17)5-6-19(21)29-24-28-11-18(25)23(30-24)20-12-27-22-4-2-3-7-31(20)22/h2-8,11-12,16-17,26H,9-10,13-14H2,1H3,(H,28,29,30). The maximum absolute atomic E-state index is 6.46. The van der Waals surface area contributed by atoms with Crippen molar-refractivity contribution in [2.45, 2.75) is 12.1 Å². The molecular formula is C24H24ClN7O2. The highest BCUT2D eigenvalue weighted by Crippen LogP contribution is 2.34. The molecule has 7 rings (SSSR count). The van der Waals surface area contributed by atoms with E-state index in [1.165, 1.54) is 0 Å². The summed E-state index contributed by atoms with van der Waals surface area (Å²) in [5, 5.41) is 7.21. The number of anilines is 3. The van der Waals surface area contributed by atoms with E-state index in [4.69, 9.17) is 21.1 Å². The Hall–Kier alpha value is -3.40. The van der Waals surface area contributed by atoms with Gasteiger partial charge in [-0.15, -0.1) is 0 Å². The summed E-state index contributed by atoms with van der Waals surface area (Å²) in [6, 6.07) is 12.2. The van der Waals surface area contributed by atoms with Gasteiger partial charge in [-0.3, -0.25) is 4.40 Å². The fourth-order valence-electron chi connectivity index (χ4n) is 4.58. The van der Waals surface area contributed by atoms with E-state index in [1.807, 2.05) is 40.9 Å². The number of imidazole rings is 1. The summed E-state index contributed by atoms with van der Waals surface area (Å²) in [5.41, 5.74) is 4.09. The molecule has 34 heavy (non-hydrogen) atoms. The molecule has 0 amide bonds. The van der Waals surface area contributed by atoms with Crippen molar-refractivity contribution in [1.29, 1.82) is 0 Å². The van der Waals surface area contributed by atoms with E-state index in [0.29, 0.717) is 28.5 Å². The van der Waals surface area contributed by atoms with Crippen molar-refractivity contribution >= 4 is 34.6 Å². The normalized spacial score (nSPS) is 19.9. The Bertz CT molecular complexity index is 1340. The molecule has 10 heteroatoms. The van der Waals surface area contributed by atoms with E-state index in [2.05, 4.69) is 36.6 Å². The van der Waals surface area contributed by atoms with Crippen LogP contribution in [0.4, 0.5) is 17.3 Å². The van der Waals surface area contributed by atoms with Crippen LogP contribution in [0.1, 0.15) is 0 Å². The number of hydrogen-bond donors (Lipinski definition) is 2. The van der Waals surface area contributed by atoms with E-state index < -0.39 is 0 Å². The molecule has 2 atom stereocenters. The van der Waals surface area contributed by atoms with Gasteiger partial charge in [-0.2, -0.15) is 0 Å². The van der Waals surface area contributed by atoms with Crippen molar-refractivity contribution in [1.82, 2.24) is 24.7 Å². The Labute approximate surface area is 201 Å². The molecule has 1 aromatic carbocycles. The molecule has 9 nitrogen and oxygen atoms in total. The molecule has 0 radical (unpaired) electrons. The number of halogens is 1. The van der Waals surface area contributed by atoms with Crippen molar-refractivity contribution in [3.05, 3.63) is 60.0 Å². The number of pyridine rings is 1. The van der Waals surface area contributed by atoms with E-state index in [9.17, 15) is 0 Å². The minimum Gasteiger partial charge on any atom is -0.494 e. The SMILES string of the molecule is COc1cc(N2CC3CNCC2CO3)ccc1Nc1ncc(Cl)c(-c2cnc3ccccn23)n1. The van der Waals surface area contributed by atoms with Gasteiger partial charge < -0.3 is 25.0 Å². The monoisotopic (exact) mass is 477 g/mol. The van der Waals surface area contributed by atoms with Crippen molar-refractivity contribution in [2.24, 2.45) is 0 Å². The molecule has 2 N–H and O–H groups in total. The first kappa shape index (κ1) is 21.2. The summed E-state index contributed by atoms with van der Waals surface area (Å²) < 4.78 is 13.6. The lowest BCUT2D eigenvalue weighted by molar-refractivity contribution is 0.0391. The van der Waals surface area contributed by atoms with Crippen molar-refractivity contribution in [2.75, 3.05) is 43.6 Å². The van der Waals surface area contributed by atoms with Crippen LogP contribution in [-0.4, -0.2) is 64.8 Å².